The third-order valence-corrected chi connectivity index (χ3v) is 4.22. The molecule has 0 radical (unpaired) electrons. The summed E-state index contributed by atoms with van der Waals surface area (Å²) in [5.74, 6) is 0.474. The number of hydrogen-bond donors (Lipinski definition) is 1. The Morgan fingerprint density at radius 1 is 1.27 bits per heavy atom. The number of carboxylic acid groups (broad SMARTS) is 1. The molecule has 0 unspecified atom stereocenters. The van der Waals surface area contributed by atoms with Crippen LogP contribution in [0.1, 0.15) is 36.8 Å². The summed E-state index contributed by atoms with van der Waals surface area (Å²) in [6.45, 7) is 1.12. The monoisotopic (exact) mass is 315 g/mol. The van der Waals surface area contributed by atoms with E-state index in [1.54, 1.807) is 6.07 Å². The smallest absolute Gasteiger partial charge is 0.416 e. The number of carbonyl (C=O) groups is 1. The molecule has 1 aromatic rings. The molecule has 0 atom stereocenters. The van der Waals surface area contributed by atoms with Crippen molar-refractivity contribution in [1.82, 2.24) is 4.90 Å². The van der Waals surface area contributed by atoms with Crippen molar-refractivity contribution < 1.29 is 23.1 Å². The number of halogens is 3. The zero-order chi connectivity index (χ0) is 16.2. The number of aryl methyl sites for hydroxylation is 1. The van der Waals surface area contributed by atoms with Crippen LogP contribution in [0.4, 0.5) is 18.0 Å². The van der Waals surface area contributed by atoms with Crippen molar-refractivity contribution in [1.29, 1.82) is 0 Å². The van der Waals surface area contributed by atoms with Crippen molar-refractivity contribution in [3.05, 3.63) is 35.4 Å². The molecule has 0 aromatic heterocycles. The number of benzene rings is 1. The minimum absolute atomic E-state index is 0.474. The van der Waals surface area contributed by atoms with Crippen molar-refractivity contribution >= 4 is 6.09 Å². The molecule has 1 aromatic carbocycles. The normalized spacial score (nSPS) is 16.8. The molecule has 2 rings (SSSR count). The summed E-state index contributed by atoms with van der Waals surface area (Å²) in [7, 11) is 0. The molecule has 1 heterocycles. The molecule has 1 fully saturated rings. The van der Waals surface area contributed by atoms with Gasteiger partial charge in [0.2, 0.25) is 0 Å². The molecule has 0 spiro atoms. The molecule has 1 aliphatic heterocycles. The van der Waals surface area contributed by atoms with Gasteiger partial charge in [0, 0.05) is 13.1 Å². The fourth-order valence-corrected chi connectivity index (χ4v) is 2.91. The SMILES string of the molecule is O=C(O)N1CCC(CCCc2cccc(C(F)(F)F)c2)CC1. The van der Waals surface area contributed by atoms with E-state index in [0.29, 0.717) is 31.0 Å². The van der Waals surface area contributed by atoms with Crippen LogP contribution in [0.15, 0.2) is 24.3 Å². The molecule has 0 aliphatic carbocycles. The highest BCUT2D eigenvalue weighted by Gasteiger charge is 2.30. The zero-order valence-electron chi connectivity index (χ0n) is 12.3. The second-order valence-corrected chi connectivity index (χ2v) is 5.80. The summed E-state index contributed by atoms with van der Waals surface area (Å²) in [5, 5.41) is 8.87. The largest absolute Gasteiger partial charge is 0.465 e. The summed E-state index contributed by atoms with van der Waals surface area (Å²) in [6, 6.07) is 5.48. The Kier molecular flexibility index (Phi) is 5.32. The van der Waals surface area contributed by atoms with Crippen LogP contribution < -0.4 is 0 Å². The number of nitrogens with zero attached hydrogens (tertiary/aromatic N) is 1. The maximum Gasteiger partial charge on any atom is 0.416 e. The maximum atomic E-state index is 12.6. The van der Waals surface area contributed by atoms with Crippen molar-refractivity contribution in [2.45, 2.75) is 38.3 Å². The Balaban J connectivity index is 1.77. The molecule has 1 aliphatic rings. The molecule has 0 bridgehead atoms. The standard InChI is InChI=1S/C16H20F3NO2/c17-16(18,19)14-6-2-5-13(11-14)4-1-3-12-7-9-20(10-8-12)15(21)22/h2,5-6,11-12H,1,3-4,7-10H2,(H,21,22). The van der Waals surface area contributed by atoms with Crippen molar-refractivity contribution in [3.63, 3.8) is 0 Å². The van der Waals surface area contributed by atoms with Gasteiger partial charge in [-0.1, -0.05) is 18.2 Å². The van der Waals surface area contributed by atoms with Crippen LogP contribution in [-0.2, 0) is 12.6 Å². The van der Waals surface area contributed by atoms with Crippen molar-refractivity contribution in [2.75, 3.05) is 13.1 Å². The highest BCUT2D eigenvalue weighted by molar-refractivity contribution is 5.64. The number of hydrogen-bond acceptors (Lipinski definition) is 1. The van der Waals surface area contributed by atoms with Gasteiger partial charge in [0.25, 0.3) is 0 Å². The summed E-state index contributed by atoms with van der Waals surface area (Å²) in [6.07, 6.45) is -1.09. The van der Waals surface area contributed by atoms with E-state index in [1.807, 2.05) is 0 Å². The fourth-order valence-electron chi connectivity index (χ4n) is 2.91. The van der Waals surface area contributed by atoms with E-state index < -0.39 is 17.8 Å². The lowest BCUT2D eigenvalue weighted by Crippen LogP contribution is -2.37. The summed E-state index contributed by atoms with van der Waals surface area (Å²) >= 11 is 0. The molecule has 6 heteroatoms. The van der Waals surface area contributed by atoms with Gasteiger partial charge in [0.15, 0.2) is 0 Å². The molecule has 1 N–H and O–H groups in total. The lowest BCUT2D eigenvalue weighted by atomic mass is 9.91. The second-order valence-electron chi connectivity index (χ2n) is 5.80. The molecular weight excluding hydrogens is 295 g/mol. The van der Waals surface area contributed by atoms with Gasteiger partial charge in [-0.2, -0.15) is 13.2 Å². The quantitative estimate of drug-likeness (QED) is 0.893. The first-order valence-corrected chi connectivity index (χ1v) is 7.50. The Labute approximate surface area is 127 Å². The molecule has 1 amide bonds. The van der Waals surface area contributed by atoms with Gasteiger partial charge in [-0.05, 0) is 49.7 Å². The van der Waals surface area contributed by atoms with E-state index >= 15 is 0 Å². The Bertz CT molecular complexity index is 508. The number of piperidine rings is 1. The lowest BCUT2D eigenvalue weighted by molar-refractivity contribution is -0.137. The van der Waals surface area contributed by atoms with E-state index in [0.717, 1.165) is 31.7 Å². The average Bonchev–Trinajstić information content (AvgIpc) is 2.47. The van der Waals surface area contributed by atoms with Crippen LogP contribution in [0.5, 0.6) is 0 Å². The fraction of sp³-hybridized carbons (Fsp3) is 0.562. The van der Waals surface area contributed by atoms with Gasteiger partial charge in [0.1, 0.15) is 0 Å². The Morgan fingerprint density at radius 2 is 1.95 bits per heavy atom. The first kappa shape index (κ1) is 16.6. The van der Waals surface area contributed by atoms with Gasteiger partial charge in [-0.25, -0.2) is 4.79 Å². The molecule has 122 valence electrons. The summed E-state index contributed by atoms with van der Waals surface area (Å²) < 4.78 is 37.9. The van der Waals surface area contributed by atoms with E-state index in [4.69, 9.17) is 5.11 Å². The van der Waals surface area contributed by atoms with Crippen LogP contribution in [0.25, 0.3) is 0 Å². The zero-order valence-corrected chi connectivity index (χ0v) is 12.3. The van der Waals surface area contributed by atoms with Crippen LogP contribution in [0.2, 0.25) is 0 Å². The minimum atomic E-state index is -4.29. The third kappa shape index (κ3) is 4.64. The van der Waals surface area contributed by atoms with E-state index in [2.05, 4.69) is 0 Å². The summed E-state index contributed by atoms with van der Waals surface area (Å²) in [5.41, 5.74) is 0.109. The van der Waals surface area contributed by atoms with Gasteiger partial charge in [-0.3, -0.25) is 0 Å². The maximum absolute atomic E-state index is 12.6. The topological polar surface area (TPSA) is 40.5 Å². The predicted molar refractivity (Wildman–Crippen MR) is 76.7 cm³/mol. The van der Waals surface area contributed by atoms with Crippen molar-refractivity contribution in [2.24, 2.45) is 5.92 Å². The van der Waals surface area contributed by atoms with E-state index in [-0.39, 0.29) is 0 Å². The highest BCUT2D eigenvalue weighted by Crippen LogP contribution is 2.30. The van der Waals surface area contributed by atoms with Gasteiger partial charge >= 0.3 is 12.3 Å². The minimum Gasteiger partial charge on any atom is -0.465 e. The first-order valence-electron chi connectivity index (χ1n) is 7.50. The average molecular weight is 315 g/mol. The van der Waals surface area contributed by atoms with E-state index in [9.17, 15) is 18.0 Å². The summed E-state index contributed by atoms with van der Waals surface area (Å²) in [4.78, 5) is 12.2. The molecular formula is C16H20F3NO2. The molecule has 0 saturated carbocycles. The predicted octanol–water partition coefficient (Wildman–Crippen LogP) is 4.42. The number of alkyl halides is 3. The van der Waals surface area contributed by atoms with Gasteiger partial charge in [-0.15, -0.1) is 0 Å². The van der Waals surface area contributed by atoms with E-state index in [1.165, 1.54) is 17.0 Å². The van der Waals surface area contributed by atoms with Crippen molar-refractivity contribution in [3.8, 4) is 0 Å². The second kappa shape index (κ2) is 7.03. The molecule has 1 saturated heterocycles. The van der Waals surface area contributed by atoms with Crippen LogP contribution in [-0.4, -0.2) is 29.2 Å². The van der Waals surface area contributed by atoms with Crippen LogP contribution in [0, 0.1) is 5.92 Å². The Morgan fingerprint density at radius 3 is 2.55 bits per heavy atom. The number of likely N-dealkylation sites (tertiary alicyclic amines) is 1. The lowest BCUT2D eigenvalue weighted by Gasteiger charge is -2.29. The first-order chi connectivity index (χ1) is 10.4. The highest BCUT2D eigenvalue weighted by atomic mass is 19.4. The molecule has 22 heavy (non-hydrogen) atoms. The number of amides is 1. The van der Waals surface area contributed by atoms with Crippen LogP contribution >= 0.6 is 0 Å². The Hall–Kier alpha value is -1.72. The third-order valence-electron chi connectivity index (χ3n) is 4.22. The van der Waals surface area contributed by atoms with Gasteiger partial charge < -0.3 is 10.0 Å². The number of rotatable bonds is 4. The molecule has 3 nitrogen and oxygen atoms in total. The van der Waals surface area contributed by atoms with Gasteiger partial charge in [0.05, 0.1) is 5.56 Å². The van der Waals surface area contributed by atoms with Crippen LogP contribution in [0.3, 0.4) is 0 Å².